The van der Waals surface area contributed by atoms with Crippen molar-refractivity contribution in [2.24, 2.45) is 11.8 Å². The summed E-state index contributed by atoms with van der Waals surface area (Å²) in [6.07, 6.45) is -49.4. The number of aliphatic hydroxyl groups is 24. The summed E-state index contributed by atoms with van der Waals surface area (Å²) in [7, 11) is 1.24. The first-order valence-electron chi connectivity index (χ1n) is 26.9. The molecule has 5 saturated heterocycles. The van der Waals surface area contributed by atoms with Crippen LogP contribution in [0.15, 0.2) is 0 Å². The molecule has 24 N–H and O–H groups in total. The molecule has 0 amide bonds. The van der Waals surface area contributed by atoms with Crippen LogP contribution in [0.5, 0.6) is 0 Å². The molecule has 7 aliphatic rings. The highest BCUT2D eigenvalue weighted by molar-refractivity contribution is 5.05. The van der Waals surface area contributed by atoms with E-state index in [2.05, 4.69) is 0 Å². The van der Waals surface area contributed by atoms with Crippen molar-refractivity contribution in [2.75, 3.05) is 53.4 Å². The van der Waals surface area contributed by atoms with Crippen molar-refractivity contribution in [1.29, 1.82) is 0 Å². The van der Waals surface area contributed by atoms with E-state index in [0.29, 0.717) is 0 Å². The van der Waals surface area contributed by atoms with Crippen molar-refractivity contribution in [3.05, 3.63) is 0 Å². The summed E-state index contributed by atoms with van der Waals surface area (Å²) < 4.78 is 60.7. The number of aliphatic hydroxyl groups excluding tert-OH is 22. The van der Waals surface area contributed by atoms with Crippen molar-refractivity contribution in [1.82, 2.24) is 0 Å². The zero-order chi connectivity index (χ0) is 62.1. The van der Waals surface area contributed by atoms with Gasteiger partial charge in [0.1, 0.15) is 145 Å². The van der Waals surface area contributed by atoms with Gasteiger partial charge < -0.3 is 175 Å². The standard InChI is InChI=1S/C28H50O20.C20H36O15/c1-27(41)12(6-30)46-26(18(36)22(27)38)48-20-9(8-43-25-19(37)23(39)28(2,42-3)13(7-31)47-25)4-10(14(32)15(20)33)44-21-11(5-29)45-24(40)17(35)16(21)34;1-20(31)9(5-23)34-19(14(28)17(20)29)35-15-6(3-21)2-7(10(24)11(15)25)32-16-8(4-22)33-18(30)13(27)12(16)26/h9-26,29-41H,4-8H2,1-3H3;6-19,21-31H,2-5H2,1H3/t9?,10-,11?,12?,13?,14?,15-,16-,17?,18?,19?,20+,21+,22-,23-,24-,25-,26+,27+,28+;6?,7-,8?,9?,10?,11-,12-,13?,14?,15+,16+,17-,18-,19+,20+/m00/s1. The van der Waals surface area contributed by atoms with E-state index in [1.165, 1.54) is 14.0 Å². The van der Waals surface area contributed by atoms with E-state index in [0.717, 1.165) is 13.8 Å². The van der Waals surface area contributed by atoms with Crippen molar-refractivity contribution >= 4 is 0 Å². The Balaban J connectivity index is 0.000000280. The summed E-state index contributed by atoms with van der Waals surface area (Å²) >= 11 is 0. The van der Waals surface area contributed by atoms with Gasteiger partial charge >= 0.3 is 0 Å². The Morgan fingerprint density at radius 2 is 0.735 bits per heavy atom. The minimum absolute atomic E-state index is 0.175. The Morgan fingerprint density at radius 3 is 1.11 bits per heavy atom. The van der Waals surface area contributed by atoms with Gasteiger partial charge in [0.25, 0.3) is 0 Å². The Morgan fingerprint density at radius 1 is 0.373 bits per heavy atom. The van der Waals surface area contributed by atoms with Crippen LogP contribution in [0.2, 0.25) is 0 Å². The van der Waals surface area contributed by atoms with E-state index < -0.39 is 259 Å². The molecule has 7 fully saturated rings. The zero-order valence-corrected chi connectivity index (χ0v) is 45.6. The third-order valence-electron chi connectivity index (χ3n) is 17.1. The lowest BCUT2D eigenvalue weighted by atomic mass is 9.80. The molecule has 488 valence electrons. The van der Waals surface area contributed by atoms with E-state index in [4.69, 9.17) is 52.1 Å². The second kappa shape index (κ2) is 29.0. The Hall–Kier alpha value is -1.40. The normalized spacial score (nSPS) is 53.5. The van der Waals surface area contributed by atoms with Crippen LogP contribution in [-0.2, 0) is 52.1 Å². The van der Waals surface area contributed by atoms with Gasteiger partial charge in [-0.3, -0.25) is 0 Å². The fraction of sp³-hybridized carbons (Fsp3) is 1.00. The first kappa shape index (κ1) is 70.7. The molecule has 0 radical (unpaired) electrons. The van der Waals surface area contributed by atoms with Crippen LogP contribution in [0.1, 0.15) is 33.6 Å². The highest BCUT2D eigenvalue weighted by atomic mass is 16.7. The zero-order valence-electron chi connectivity index (χ0n) is 45.6. The van der Waals surface area contributed by atoms with Crippen LogP contribution >= 0.6 is 0 Å². The summed E-state index contributed by atoms with van der Waals surface area (Å²) in [4.78, 5) is 0. The summed E-state index contributed by atoms with van der Waals surface area (Å²) in [5, 5.41) is 247. The summed E-state index contributed by atoms with van der Waals surface area (Å²) in [5.74, 6) is -2.04. The molecule has 35 atom stereocenters. The van der Waals surface area contributed by atoms with Gasteiger partial charge in [-0.15, -0.1) is 0 Å². The third-order valence-corrected chi connectivity index (χ3v) is 17.1. The van der Waals surface area contributed by atoms with Crippen LogP contribution in [0.4, 0.5) is 0 Å². The van der Waals surface area contributed by atoms with Crippen molar-refractivity contribution in [3.63, 3.8) is 0 Å². The molecule has 2 saturated carbocycles. The highest BCUT2D eigenvalue weighted by Gasteiger charge is 2.59. The van der Waals surface area contributed by atoms with Crippen LogP contribution in [0.3, 0.4) is 0 Å². The number of hydrogen-bond acceptors (Lipinski definition) is 35. The molecule has 83 heavy (non-hydrogen) atoms. The Kier molecular flexibility index (Phi) is 24.7. The molecule has 7 rings (SSSR count). The molecule has 5 aliphatic heterocycles. The van der Waals surface area contributed by atoms with Crippen LogP contribution in [0.25, 0.3) is 0 Å². The second-order valence-electron chi connectivity index (χ2n) is 22.6. The van der Waals surface area contributed by atoms with Gasteiger partial charge in [-0.2, -0.15) is 0 Å². The average molecular weight is 1220 g/mol. The van der Waals surface area contributed by atoms with Gasteiger partial charge in [0, 0.05) is 25.6 Å². The molecule has 0 aromatic carbocycles. The highest BCUT2D eigenvalue weighted by Crippen LogP contribution is 2.41. The van der Waals surface area contributed by atoms with Crippen molar-refractivity contribution in [3.8, 4) is 0 Å². The van der Waals surface area contributed by atoms with Crippen molar-refractivity contribution < 1.29 is 175 Å². The monoisotopic (exact) mass is 1220 g/mol. The van der Waals surface area contributed by atoms with Crippen LogP contribution in [-0.4, -0.2) is 377 Å². The quantitative estimate of drug-likeness (QED) is 0.0606. The average Bonchev–Trinajstić information content (AvgIpc) is 3.23. The van der Waals surface area contributed by atoms with Gasteiger partial charge in [-0.1, -0.05) is 0 Å². The lowest BCUT2D eigenvalue weighted by Gasteiger charge is -2.50. The number of ether oxygens (including phenoxy) is 11. The maximum Gasteiger partial charge on any atom is 0.187 e. The van der Waals surface area contributed by atoms with Gasteiger partial charge in [0.15, 0.2) is 31.5 Å². The van der Waals surface area contributed by atoms with Crippen LogP contribution < -0.4 is 0 Å². The molecule has 0 aromatic heterocycles. The van der Waals surface area contributed by atoms with Crippen molar-refractivity contribution in [2.45, 2.75) is 234 Å². The van der Waals surface area contributed by atoms with E-state index in [1.807, 2.05) is 0 Å². The molecule has 35 heteroatoms. The lowest BCUT2D eigenvalue weighted by Crippen LogP contribution is -2.68. The van der Waals surface area contributed by atoms with E-state index in [1.54, 1.807) is 0 Å². The first-order chi connectivity index (χ1) is 38.9. The smallest absolute Gasteiger partial charge is 0.187 e. The summed E-state index contributed by atoms with van der Waals surface area (Å²) in [5.41, 5.74) is -5.66. The lowest BCUT2D eigenvalue weighted by molar-refractivity contribution is -0.358. The molecular weight excluding hydrogens is 1140 g/mol. The second-order valence-corrected chi connectivity index (χ2v) is 22.6. The molecule has 2 aliphatic carbocycles. The van der Waals surface area contributed by atoms with E-state index >= 15 is 0 Å². The molecule has 0 aromatic rings. The van der Waals surface area contributed by atoms with Gasteiger partial charge in [-0.05, 0) is 33.6 Å². The molecule has 35 nitrogen and oxygen atoms in total. The van der Waals surface area contributed by atoms with Gasteiger partial charge in [-0.25, -0.2) is 0 Å². The molecular formula is C48H86O35. The molecule has 0 spiro atoms. The summed E-state index contributed by atoms with van der Waals surface area (Å²) in [6.45, 7) is -1.11. The summed E-state index contributed by atoms with van der Waals surface area (Å²) in [6, 6.07) is 0. The maximum atomic E-state index is 11.3. The number of hydrogen-bond donors (Lipinski definition) is 24. The predicted octanol–water partition coefficient (Wildman–Crippen LogP) is -14.2. The van der Waals surface area contributed by atoms with E-state index in [-0.39, 0.29) is 12.8 Å². The van der Waals surface area contributed by atoms with E-state index in [9.17, 15) is 123 Å². The first-order valence-corrected chi connectivity index (χ1v) is 26.9. The fourth-order valence-corrected chi connectivity index (χ4v) is 11.4. The Bertz CT molecular complexity index is 1950. The molecule has 5 heterocycles. The maximum absolute atomic E-state index is 11.3. The SMILES string of the molecule is CO[C@]1(C)C(CO)O[C@H](OCC2C[C@H](O[C@@H]3C(CO)O[C@H](O)C(O)[C@@H]3O)C(O)[C@H](O)[C@@H]2O[C@H]2OC(CO)[C@@](C)(O)[C@@H](O)C2O)C(O)[C@@H]1O.C[C@@]1(O)C(CO)O[C@H](O[C@@H]2C(CO)C[C@H](O[C@@H]3C(CO)O[C@H](O)C(O)[C@@H]3O)C(O)[C@@H]2O)C(O)[C@@H]1O. The van der Waals surface area contributed by atoms with Gasteiger partial charge in [0.05, 0.1) is 64.1 Å². The number of methoxy groups -OCH3 is 1. The minimum atomic E-state index is -2.11. The third kappa shape index (κ3) is 14.3. The Labute approximate surface area is 473 Å². The minimum Gasteiger partial charge on any atom is -0.396 e. The van der Waals surface area contributed by atoms with Gasteiger partial charge in [0.2, 0.25) is 0 Å². The number of rotatable bonds is 18. The molecule has 0 bridgehead atoms. The topological polar surface area (TPSA) is 587 Å². The molecule has 14 unspecified atom stereocenters. The fourth-order valence-electron chi connectivity index (χ4n) is 11.4. The largest absolute Gasteiger partial charge is 0.396 e. The predicted molar refractivity (Wildman–Crippen MR) is 260 cm³/mol. The van der Waals surface area contributed by atoms with Crippen LogP contribution in [0, 0.1) is 11.8 Å².